The standard InChI is InChI=1S/C12H16FNOS/c1-2-3-7-16-9-12(15)14-11-6-4-5-10(13)8-11/h4-6,8H,2-3,7,9H2,1H3,(H,14,15). The molecule has 0 aliphatic rings. The lowest BCUT2D eigenvalue weighted by molar-refractivity contribution is -0.113. The Balaban J connectivity index is 2.29. The molecule has 1 aromatic rings. The van der Waals surface area contributed by atoms with Crippen molar-refractivity contribution in [2.24, 2.45) is 0 Å². The van der Waals surface area contributed by atoms with Gasteiger partial charge in [-0.3, -0.25) is 4.79 Å². The van der Waals surface area contributed by atoms with Gasteiger partial charge in [0.1, 0.15) is 5.82 Å². The summed E-state index contributed by atoms with van der Waals surface area (Å²) in [5.41, 5.74) is 0.515. The molecule has 1 amide bonds. The Kier molecular flexibility index (Phi) is 5.93. The van der Waals surface area contributed by atoms with Crippen LogP contribution in [0.25, 0.3) is 0 Å². The number of carbonyl (C=O) groups is 1. The van der Waals surface area contributed by atoms with Gasteiger partial charge in [0.2, 0.25) is 5.91 Å². The summed E-state index contributed by atoms with van der Waals surface area (Å²) in [6, 6.07) is 5.92. The summed E-state index contributed by atoms with van der Waals surface area (Å²) < 4.78 is 12.8. The van der Waals surface area contributed by atoms with Crippen LogP contribution in [0.5, 0.6) is 0 Å². The number of amides is 1. The van der Waals surface area contributed by atoms with E-state index in [4.69, 9.17) is 0 Å². The number of rotatable bonds is 6. The maximum atomic E-state index is 12.8. The van der Waals surface area contributed by atoms with Crippen LogP contribution in [0.4, 0.5) is 10.1 Å². The van der Waals surface area contributed by atoms with Gasteiger partial charge in [0.15, 0.2) is 0 Å². The predicted molar refractivity (Wildman–Crippen MR) is 67.3 cm³/mol. The van der Waals surface area contributed by atoms with E-state index in [-0.39, 0.29) is 11.7 Å². The molecule has 0 spiro atoms. The molecule has 0 fully saturated rings. The van der Waals surface area contributed by atoms with Crippen LogP contribution in [0.3, 0.4) is 0 Å². The lowest BCUT2D eigenvalue weighted by Crippen LogP contribution is -2.14. The lowest BCUT2D eigenvalue weighted by Gasteiger charge is -2.04. The van der Waals surface area contributed by atoms with E-state index in [0.717, 1.165) is 18.6 Å². The van der Waals surface area contributed by atoms with Crippen LogP contribution in [0.15, 0.2) is 24.3 Å². The molecule has 88 valence electrons. The zero-order valence-corrected chi connectivity index (χ0v) is 10.1. The van der Waals surface area contributed by atoms with Crippen LogP contribution >= 0.6 is 11.8 Å². The fourth-order valence-corrected chi connectivity index (χ4v) is 2.07. The third-order valence-electron chi connectivity index (χ3n) is 1.98. The molecule has 0 saturated heterocycles. The maximum absolute atomic E-state index is 12.8. The number of unbranched alkanes of at least 4 members (excludes halogenated alkanes) is 1. The van der Waals surface area contributed by atoms with E-state index in [2.05, 4.69) is 12.2 Å². The van der Waals surface area contributed by atoms with Crippen molar-refractivity contribution in [1.82, 2.24) is 0 Å². The van der Waals surface area contributed by atoms with E-state index in [1.807, 2.05) is 0 Å². The van der Waals surface area contributed by atoms with Crippen molar-refractivity contribution < 1.29 is 9.18 Å². The second kappa shape index (κ2) is 7.28. The molecular weight excluding hydrogens is 225 g/mol. The maximum Gasteiger partial charge on any atom is 0.234 e. The summed E-state index contributed by atoms with van der Waals surface area (Å²) in [4.78, 5) is 11.4. The molecule has 0 unspecified atom stereocenters. The Bertz CT molecular complexity index is 344. The number of hydrogen-bond acceptors (Lipinski definition) is 2. The summed E-state index contributed by atoms with van der Waals surface area (Å²) >= 11 is 1.60. The van der Waals surface area contributed by atoms with E-state index in [0.29, 0.717) is 11.4 Å². The van der Waals surface area contributed by atoms with Gasteiger partial charge in [-0.25, -0.2) is 4.39 Å². The van der Waals surface area contributed by atoms with Crippen LogP contribution in [0.2, 0.25) is 0 Å². The van der Waals surface area contributed by atoms with Crippen molar-refractivity contribution in [3.05, 3.63) is 30.1 Å². The molecule has 1 rings (SSSR count). The minimum Gasteiger partial charge on any atom is -0.325 e. The number of hydrogen-bond donors (Lipinski definition) is 1. The number of benzene rings is 1. The monoisotopic (exact) mass is 241 g/mol. The summed E-state index contributed by atoms with van der Waals surface area (Å²) in [5, 5.41) is 2.66. The predicted octanol–water partition coefficient (Wildman–Crippen LogP) is 3.30. The van der Waals surface area contributed by atoms with Gasteiger partial charge >= 0.3 is 0 Å². The van der Waals surface area contributed by atoms with Crippen LogP contribution in [0, 0.1) is 5.82 Å². The number of halogens is 1. The molecule has 4 heteroatoms. The zero-order valence-electron chi connectivity index (χ0n) is 9.33. The van der Waals surface area contributed by atoms with E-state index in [9.17, 15) is 9.18 Å². The van der Waals surface area contributed by atoms with E-state index in [1.54, 1.807) is 23.9 Å². The van der Waals surface area contributed by atoms with Gasteiger partial charge in [0.25, 0.3) is 0 Å². The molecule has 0 atom stereocenters. The molecule has 0 aliphatic carbocycles. The molecule has 0 radical (unpaired) electrons. The quantitative estimate of drug-likeness (QED) is 0.774. The SMILES string of the molecule is CCCCSCC(=O)Nc1cccc(F)c1. The largest absolute Gasteiger partial charge is 0.325 e. The van der Waals surface area contributed by atoms with Gasteiger partial charge < -0.3 is 5.32 Å². The average molecular weight is 241 g/mol. The van der Waals surface area contributed by atoms with Crippen LogP contribution in [-0.4, -0.2) is 17.4 Å². The van der Waals surface area contributed by atoms with Crippen molar-refractivity contribution >= 4 is 23.4 Å². The molecule has 1 N–H and O–H groups in total. The van der Waals surface area contributed by atoms with Gasteiger partial charge in [0.05, 0.1) is 5.75 Å². The minimum atomic E-state index is -0.337. The summed E-state index contributed by atoms with van der Waals surface area (Å²) in [7, 11) is 0. The first-order valence-corrected chi connectivity index (χ1v) is 6.51. The van der Waals surface area contributed by atoms with Gasteiger partial charge in [-0.15, -0.1) is 0 Å². The van der Waals surface area contributed by atoms with Crippen LogP contribution < -0.4 is 5.32 Å². The van der Waals surface area contributed by atoms with Crippen molar-refractivity contribution in [3.63, 3.8) is 0 Å². The highest BCUT2D eigenvalue weighted by Crippen LogP contribution is 2.10. The molecule has 0 heterocycles. The number of carbonyl (C=O) groups excluding carboxylic acids is 1. The molecule has 0 bridgehead atoms. The van der Waals surface area contributed by atoms with E-state index >= 15 is 0 Å². The van der Waals surface area contributed by atoms with Gasteiger partial charge in [0, 0.05) is 5.69 Å². The van der Waals surface area contributed by atoms with Crippen molar-refractivity contribution in [1.29, 1.82) is 0 Å². The fourth-order valence-electron chi connectivity index (χ4n) is 1.17. The van der Waals surface area contributed by atoms with Gasteiger partial charge in [-0.1, -0.05) is 19.4 Å². The smallest absolute Gasteiger partial charge is 0.234 e. The second-order valence-electron chi connectivity index (χ2n) is 3.46. The first-order chi connectivity index (χ1) is 7.72. The molecular formula is C12H16FNOS. The average Bonchev–Trinajstić information content (AvgIpc) is 2.24. The Morgan fingerprint density at radius 2 is 2.31 bits per heavy atom. The Morgan fingerprint density at radius 3 is 3.00 bits per heavy atom. The van der Waals surface area contributed by atoms with Crippen LogP contribution in [0.1, 0.15) is 19.8 Å². The summed E-state index contributed by atoms with van der Waals surface area (Å²) in [6.45, 7) is 2.12. The van der Waals surface area contributed by atoms with Gasteiger partial charge in [-0.2, -0.15) is 11.8 Å². The highest BCUT2D eigenvalue weighted by molar-refractivity contribution is 7.99. The van der Waals surface area contributed by atoms with Crippen LogP contribution in [-0.2, 0) is 4.79 Å². The summed E-state index contributed by atoms with van der Waals surface area (Å²) in [5.74, 6) is 1.01. The normalized spacial score (nSPS) is 10.1. The number of anilines is 1. The van der Waals surface area contributed by atoms with Crippen molar-refractivity contribution in [2.75, 3.05) is 16.8 Å². The third-order valence-corrected chi connectivity index (χ3v) is 3.03. The Labute approximate surface area is 99.6 Å². The summed E-state index contributed by atoms with van der Waals surface area (Å²) in [6.07, 6.45) is 2.26. The fraction of sp³-hybridized carbons (Fsp3) is 0.417. The number of nitrogens with one attached hydrogen (secondary N) is 1. The van der Waals surface area contributed by atoms with Gasteiger partial charge in [-0.05, 0) is 30.4 Å². The van der Waals surface area contributed by atoms with Crippen molar-refractivity contribution in [3.8, 4) is 0 Å². The lowest BCUT2D eigenvalue weighted by atomic mass is 10.3. The topological polar surface area (TPSA) is 29.1 Å². The Morgan fingerprint density at radius 1 is 1.50 bits per heavy atom. The number of thioether (sulfide) groups is 1. The molecule has 2 nitrogen and oxygen atoms in total. The minimum absolute atomic E-state index is 0.0771. The molecule has 0 saturated carbocycles. The molecule has 1 aromatic carbocycles. The highest BCUT2D eigenvalue weighted by Gasteiger charge is 2.02. The highest BCUT2D eigenvalue weighted by atomic mass is 32.2. The van der Waals surface area contributed by atoms with E-state index < -0.39 is 0 Å². The first-order valence-electron chi connectivity index (χ1n) is 5.35. The molecule has 0 aromatic heterocycles. The Hall–Kier alpha value is -1.03. The zero-order chi connectivity index (χ0) is 11.8. The molecule has 0 aliphatic heterocycles. The first kappa shape index (κ1) is 13.0. The second-order valence-corrected chi connectivity index (χ2v) is 4.57. The van der Waals surface area contributed by atoms with E-state index in [1.165, 1.54) is 12.1 Å². The third kappa shape index (κ3) is 5.16. The molecule has 16 heavy (non-hydrogen) atoms. The van der Waals surface area contributed by atoms with Crippen molar-refractivity contribution in [2.45, 2.75) is 19.8 Å².